The van der Waals surface area contributed by atoms with Crippen molar-refractivity contribution in [2.24, 2.45) is 0 Å². The molecule has 0 aliphatic carbocycles. The second kappa shape index (κ2) is 35.4. The zero-order chi connectivity index (χ0) is 39.7. The predicted octanol–water partition coefficient (Wildman–Crippen LogP) is 4.31. The lowest BCUT2D eigenvalue weighted by Crippen LogP contribution is -2.61. The molecule has 1 rings (SSSR count). The number of hydrogen-bond donors (Lipinski definition) is 10. The summed E-state index contributed by atoms with van der Waals surface area (Å²) in [6.07, 6.45) is 15.0. The van der Waals surface area contributed by atoms with E-state index >= 15 is 0 Å². The molecule has 0 bridgehead atoms. The Morgan fingerprint density at radius 2 is 1.06 bits per heavy atom. The Morgan fingerprint density at radius 1 is 0.623 bits per heavy atom. The first kappa shape index (κ1) is 52.0. The number of carbonyl (C=O) groups is 1. The van der Waals surface area contributed by atoms with Crippen molar-refractivity contribution in [3.63, 3.8) is 0 Å². The summed E-state index contributed by atoms with van der Waals surface area (Å²) in [5.74, 6) is -0.659. The minimum Gasteiger partial charge on any atom is -0.481 e. The van der Waals surface area contributed by atoms with Crippen LogP contribution in [-0.2, 0) is 14.3 Å². The van der Waals surface area contributed by atoms with Gasteiger partial charge in [0.05, 0.1) is 19.3 Å². The molecule has 0 aromatic carbocycles. The summed E-state index contributed by atoms with van der Waals surface area (Å²) < 4.78 is 10.7. The quantitative estimate of drug-likeness (QED) is 0.0412. The van der Waals surface area contributed by atoms with E-state index in [-0.39, 0.29) is 6.54 Å². The van der Waals surface area contributed by atoms with Gasteiger partial charge < -0.3 is 60.7 Å². The Morgan fingerprint density at radius 3 is 1.47 bits per heavy atom. The highest BCUT2D eigenvalue weighted by Gasteiger charge is 2.46. The Kier molecular flexibility index (Phi) is 34.8. The first-order valence-corrected chi connectivity index (χ1v) is 21.1. The van der Waals surface area contributed by atoms with Crippen LogP contribution in [0.3, 0.4) is 0 Å². The molecule has 13 nitrogen and oxygen atoms in total. The van der Waals surface area contributed by atoms with Crippen LogP contribution in [0.15, 0.2) is 0 Å². The first-order chi connectivity index (χ1) is 25.5. The highest BCUT2D eigenvalue weighted by molar-refractivity contribution is 5.66. The fraction of sp³-hybridized carbons (Fsp3) is 0.975. The molecule has 10 N–H and O–H groups in total. The molecular weight excluding hydrogens is 686 g/mol. The van der Waals surface area contributed by atoms with Gasteiger partial charge in [0.15, 0.2) is 6.29 Å². The number of ether oxygens (including phenoxy) is 2. The summed E-state index contributed by atoms with van der Waals surface area (Å²) in [5.41, 5.74) is 0. The highest BCUT2D eigenvalue weighted by atomic mass is 16.7. The third-order valence-corrected chi connectivity index (χ3v) is 9.99. The van der Waals surface area contributed by atoms with Crippen LogP contribution in [0.25, 0.3) is 0 Å². The van der Waals surface area contributed by atoms with Gasteiger partial charge in [-0.3, -0.25) is 4.79 Å². The van der Waals surface area contributed by atoms with E-state index in [2.05, 4.69) is 19.2 Å². The van der Waals surface area contributed by atoms with Crippen LogP contribution in [0.5, 0.6) is 0 Å². The Labute approximate surface area is 320 Å². The van der Waals surface area contributed by atoms with Gasteiger partial charge in [-0.25, -0.2) is 0 Å². The van der Waals surface area contributed by atoms with Crippen molar-refractivity contribution in [3.05, 3.63) is 0 Å². The van der Waals surface area contributed by atoms with Crippen LogP contribution in [-0.4, -0.2) is 133 Å². The minimum atomic E-state index is -1.75. The second-order valence-electron chi connectivity index (χ2n) is 14.9. The molecule has 53 heavy (non-hydrogen) atoms. The van der Waals surface area contributed by atoms with Crippen LogP contribution in [0.4, 0.5) is 0 Å². The van der Waals surface area contributed by atoms with Gasteiger partial charge >= 0.3 is 5.97 Å². The van der Waals surface area contributed by atoms with Gasteiger partial charge in [0.2, 0.25) is 0 Å². The molecule has 0 saturated carbocycles. The summed E-state index contributed by atoms with van der Waals surface area (Å²) in [6, 6.07) is 0. The number of rotatable bonds is 34. The highest BCUT2D eigenvalue weighted by Crippen LogP contribution is 2.25. The van der Waals surface area contributed by atoms with Crippen LogP contribution in [0, 0.1) is 0 Å². The molecule has 9 atom stereocenters. The minimum absolute atomic E-state index is 0.00625. The third-order valence-electron chi connectivity index (χ3n) is 9.99. The monoisotopic (exact) mass is 768 g/mol. The molecule has 1 heterocycles. The van der Waals surface area contributed by atoms with Gasteiger partial charge in [0, 0.05) is 13.0 Å². The van der Waals surface area contributed by atoms with Crippen molar-refractivity contribution in [1.29, 1.82) is 0 Å². The average Bonchev–Trinajstić information content (AvgIpc) is 3.15. The number of aliphatic hydroxyl groups is 8. The zero-order valence-corrected chi connectivity index (χ0v) is 33.2. The Hall–Kier alpha value is -0.970. The van der Waals surface area contributed by atoms with E-state index in [9.17, 15) is 45.6 Å². The van der Waals surface area contributed by atoms with Gasteiger partial charge in [-0.05, 0) is 19.4 Å². The lowest BCUT2D eigenvalue weighted by Gasteiger charge is -2.42. The largest absolute Gasteiger partial charge is 0.481 e. The summed E-state index contributed by atoms with van der Waals surface area (Å²) in [4.78, 5) is 10.2. The maximum atomic E-state index is 10.6. The van der Waals surface area contributed by atoms with E-state index in [0.29, 0.717) is 13.0 Å². The molecule has 1 aliphatic rings. The molecule has 1 saturated heterocycles. The van der Waals surface area contributed by atoms with Crippen molar-refractivity contribution in [3.8, 4) is 0 Å². The standard InChI is InChI=1S/C28H57NO10.C12H24O2/c1-2-3-4-5-6-7-8-9-10-11-12-13-14-15-16-29-17-20(32)23(34)27(21(33)18-30)39-28-26(37)25(36)24(35)22(19-31)38-28;1-2-3-4-5-6-7-8-9-10-11-12(13)14/h20-37H,2-19H2,1H3;2-11H2,1H3,(H,13,14)/t20-,21-,22-,23+,24-,25-,26+,27+,28-;/m0./s1. The van der Waals surface area contributed by atoms with Crippen molar-refractivity contribution in [2.75, 3.05) is 26.3 Å². The van der Waals surface area contributed by atoms with Gasteiger partial charge in [0.1, 0.15) is 42.7 Å². The summed E-state index contributed by atoms with van der Waals surface area (Å²) >= 11 is 0. The van der Waals surface area contributed by atoms with E-state index in [1.54, 1.807) is 0 Å². The van der Waals surface area contributed by atoms with Crippen molar-refractivity contribution < 1.29 is 60.2 Å². The normalized spacial score (nSPS) is 22.5. The third kappa shape index (κ3) is 26.5. The lowest BCUT2D eigenvalue weighted by molar-refractivity contribution is -0.327. The fourth-order valence-corrected chi connectivity index (χ4v) is 6.46. The van der Waals surface area contributed by atoms with E-state index in [0.717, 1.165) is 32.1 Å². The molecule has 0 unspecified atom stereocenters. The van der Waals surface area contributed by atoms with Gasteiger partial charge in [-0.2, -0.15) is 0 Å². The first-order valence-electron chi connectivity index (χ1n) is 21.1. The maximum absolute atomic E-state index is 10.6. The van der Waals surface area contributed by atoms with Gasteiger partial charge in [-0.15, -0.1) is 0 Å². The van der Waals surface area contributed by atoms with Crippen LogP contribution in [0.1, 0.15) is 168 Å². The smallest absolute Gasteiger partial charge is 0.303 e. The van der Waals surface area contributed by atoms with Crippen LogP contribution in [0.2, 0.25) is 0 Å². The zero-order valence-electron chi connectivity index (χ0n) is 33.2. The summed E-state index contributed by atoms with van der Waals surface area (Å²) in [6.45, 7) is 3.64. The maximum Gasteiger partial charge on any atom is 0.303 e. The molecule has 0 spiro atoms. The molecule has 318 valence electrons. The predicted molar refractivity (Wildman–Crippen MR) is 206 cm³/mol. The van der Waals surface area contributed by atoms with Crippen molar-refractivity contribution in [1.82, 2.24) is 5.32 Å². The molecule has 0 aromatic heterocycles. The average molecular weight is 768 g/mol. The number of carboxylic acid groups (broad SMARTS) is 1. The Bertz CT molecular complexity index is 810. The van der Waals surface area contributed by atoms with Gasteiger partial charge in [0.25, 0.3) is 0 Å². The lowest BCUT2D eigenvalue weighted by atomic mass is 9.98. The number of unbranched alkanes of at least 4 members (excludes halogenated alkanes) is 21. The fourth-order valence-electron chi connectivity index (χ4n) is 6.46. The Balaban J connectivity index is 0.00000162. The molecule has 1 fully saturated rings. The molecule has 13 heteroatoms. The number of nitrogens with one attached hydrogen (secondary N) is 1. The number of aliphatic carboxylic acids is 1. The summed E-state index contributed by atoms with van der Waals surface area (Å²) in [7, 11) is 0. The number of aliphatic hydroxyl groups excluding tert-OH is 8. The molecular formula is C40H81NO12. The van der Waals surface area contributed by atoms with E-state index < -0.39 is 74.3 Å². The van der Waals surface area contributed by atoms with E-state index in [1.807, 2.05) is 0 Å². The van der Waals surface area contributed by atoms with Crippen molar-refractivity contribution >= 4 is 5.97 Å². The number of hydrogen-bond acceptors (Lipinski definition) is 12. The van der Waals surface area contributed by atoms with Crippen molar-refractivity contribution in [2.45, 2.75) is 223 Å². The van der Waals surface area contributed by atoms with Crippen LogP contribution < -0.4 is 5.32 Å². The molecule has 0 amide bonds. The van der Waals surface area contributed by atoms with Crippen LogP contribution >= 0.6 is 0 Å². The second-order valence-corrected chi connectivity index (χ2v) is 14.9. The molecule has 0 aromatic rings. The summed E-state index contributed by atoms with van der Waals surface area (Å²) in [5, 5.41) is 91.3. The van der Waals surface area contributed by atoms with E-state index in [1.165, 1.54) is 116 Å². The molecule has 0 radical (unpaired) electrons. The van der Waals surface area contributed by atoms with Gasteiger partial charge in [-0.1, -0.05) is 149 Å². The molecule has 1 aliphatic heterocycles. The topological polar surface area (TPSA) is 230 Å². The number of carboxylic acids is 1. The SMILES string of the molecule is CCCCCCCCCCCC(=O)O.CCCCCCCCCCCCCCCCNC[C@H](O)[C@@H](O)[C@H](O[C@@H]1O[C@@H](CO)[C@H](O)[C@H](O)[C@H]1O)[C@@H](O)CO. The van der Waals surface area contributed by atoms with E-state index in [4.69, 9.17) is 14.6 Å².